The summed E-state index contributed by atoms with van der Waals surface area (Å²) in [6, 6.07) is 3.17. The van der Waals surface area contributed by atoms with Crippen molar-refractivity contribution in [3.8, 4) is 0 Å². The molecule has 2 N–H and O–H groups in total. The maximum Gasteiger partial charge on any atom is 0.319 e. The molecule has 0 spiro atoms. The molecule has 0 aliphatic rings. The lowest BCUT2D eigenvalue weighted by Gasteiger charge is -2.05. The summed E-state index contributed by atoms with van der Waals surface area (Å²) in [7, 11) is 1.53. The minimum absolute atomic E-state index is 0.295. The number of aryl methyl sites for hydroxylation is 1. The molecule has 1 aromatic rings. The van der Waals surface area contributed by atoms with Gasteiger partial charge in [0.05, 0.1) is 5.69 Å². The van der Waals surface area contributed by atoms with E-state index >= 15 is 0 Å². The summed E-state index contributed by atoms with van der Waals surface area (Å²) in [4.78, 5) is 14.9. The number of rotatable bonds is 1. The van der Waals surface area contributed by atoms with E-state index in [2.05, 4.69) is 15.6 Å². The predicted octanol–water partition coefficient (Wildman–Crippen LogP) is 1.79. The van der Waals surface area contributed by atoms with Crippen LogP contribution in [0.3, 0.4) is 0 Å². The van der Waals surface area contributed by atoms with E-state index in [4.69, 9.17) is 11.6 Å². The summed E-state index contributed by atoms with van der Waals surface area (Å²) in [6.45, 7) is 1.83. The van der Waals surface area contributed by atoms with Gasteiger partial charge in [-0.1, -0.05) is 11.6 Å². The summed E-state index contributed by atoms with van der Waals surface area (Å²) < 4.78 is 0. The van der Waals surface area contributed by atoms with Crippen LogP contribution in [0.2, 0.25) is 5.15 Å². The van der Waals surface area contributed by atoms with Gasteiger partial charge in [0.15, 0.2) is 5.15 Å². The highest BCUT2D eigenvalue weighted by molar-refractivity contribution is 6.32. The largest absolute Gasteiger partial charge is 0.341 e. The number of anilines is 1. The van der Waals surface area contributed by atoms with Crippen LogP contribution in [-0.4, -0.2) is 18.1 Å². The van der Waals surface area contributed by atoms with E-state index in [1.54, 1.807) is 12.1 Å². The molecule has 1 aromatic heterocycles. The molecule has 1 heterocycles. The van der Waals surface area contributed by atoms with Crippen molar-refractivity contribution in [3.05, 3.63) is 23.0 Å². The summed E-state index contributed by atoms with van der Waals surface area (Å²) in [6.07, 6.45) is 0. The van der Waals surface area contributed by atoms with Crippen LogP contribution in [0.4, 0.5) is 10.5 Å². The lowest BCUT2D eigenvalue weighted by Crippen LogP contribution is -2.24. The minimum Gasteiger partial charge on any atom is -0.341 e. The Morgan fingerprint density at radius 3 is 2.77 bits per heavy atom. The Morgan fingerprint density at radius 2 is 2.23 bits per heavy atom. The van der Waals surface area contributed by atoms with Crippen LogP contribution in [0.5, 0.6) is 0 Å². The summed E-state index contributed by atoms with van der Waals surface area (Å²) in [5.41, 5.74) is 1.32. The standard InChI is InChI=1S/C8H10ClN3O/c1-5-3-4-6(7(9)11-5)12-8(13)10-2/h3-4H,1-2H3,(H2,10,12,13). The molecule has 70 valence electrons. The van der Waals surface area contributed by atoms with E-state index in [-0.39, 0.29) is 6.03 Å². The Morgan fingerprint density at radius 1 is 1.54 bits per heavy atom. The minimum atomic E-state index is -0.312. The fourth-order valence-corrected chi connectivity index (χ4v) is 1.05. The Kier molecular flexibility index (Phi) is 3.08. The van der Waals surface area contributed by atoms with Gasteiger partial charge in [0.25, 0.3) is 0 Å². The fourth-order valence-electron chi connectivity index (χ4n) is 0.803. The summed E-state index contributed by atoms with van der Waals surface area (Å²) in [5.74, 6) is 0. The smallest absolute Gasteiger partial charge is 0.319 e. The first-order valence-corrected chi connectivity index (χ1v) is 4.13. The third-order valence-electron chi connectivity index (χ3n) is 1.46. The van der Waals surface area contributed by atoms with Gasteiger partial charge in [0.1, 0.15) is 0 Å². The van der Waals surface area contributed by atoms with Crippen molar-refractivity contribution < 1.29 is 4.79 Å². The van der Waals surface area contributed by atoms with Crippen LogP contribution in [0, 0.1) is 6.92 Å². The second-order valence-electron chi connectivity index (χ2n) is 2.50. The van der Waals surface area contributed by atoms with Gasteiger partial charge in [-0.05, 0) is 19.1 Å². The third kappa shape index (κ3) is 2.59. The lowest BCUT2D eigenvalue weighted by atomic mass is 10.3. The summed E-state index contributed by atoms with van der Waals surface area (Å²) in [5, 5.41) is 5.26. The first-order chi connectivity index (χ1) is 6.13. The maximum atomic E-state index is 10.9. The van der Waals surface area contributed by atoms with Crippen LogP contribution in [-0.2, 0) is 0 Å². The van der Waals surface area contributed by atoms with E-state index in [0.717, 1.165) is 5.69 Å². The number of halogens is 1. The molecule has 0 aromatic carbocycles. The van der Waals surface area contributed by atoms with Gasteiger partial charge < -0.3 is 10.6 Å². The first-order valence-electron chi connectivity index (χ1n) is 3.75. The van der Waals surface area contributed by atoms with E-state index in [0.29, 0.717) is 10.8 Å². The van der Waals surface area contributed by atoms with Crippen molar-refractivity contribution in [2.45, 2.75) is 6.92 Å². The second-order valence-corrected chi connectivity index (χ2v) is 2.85. The molecular weight excluding hydrogens is 190 g/mol. The zero-order valence-corrected chi connectivity index (χ0v) is 8.14. The highest BCUT2D eigenvalue weighted by Crippen LogP contribution is 2.18. The van der Waals surface area contributed by atoms with Crippen LogP contribution in [0.25, 0.3) is 0 Å². The number of hydrogen-bond donors (Lipinski definition) is 2. The Bertz CT molecular complexity index is 327. The normalized spacial score (nSPS) is 9.46. The Hall–Kier alpha value is -1.29. The average molecular weight is 200 g/mol. The number of nitrogens with one attached hydrogen (secondary N) is 2. The van der Waals surface area contributed by atoms with Gasteiger partial charge >= 0.3 is 6.03 Å². The molecular formula is C8H10ClN3O. The molecule has 13 heavy (non-hydrogen) atoms. The van der Waals surface area contributed by atoms with Crippen LogP contribution in [0.1, 0.15) is 5.69 Å². The molecule has 4 nitrogen and oxygen atoms in total. The first kappa shape index (κ1) is 9.80. The number of carbonyl (C=O) groups excluding carboxylic acids is 1. The zero-order valence-electron chi connectivity index (χ0n) is 7.39. The van der Waals surface area contributed by atoms with E-state index in [1.165, 1.54) is 7.05 Å². The second kappa shape index (κ2) is 4.09. The fraction of sp³-hybridized carbons (Fsp3) is 0.250. The van der Waals surface area contributed by atoms with Gasteiger partial charge in [-0.3, -0.25) is 0 Å². The van der Waals surface area contributed by atoms with Crippen molar-refractivity contribution in [2.75, 3.05) is 12.4 Å². The van der Waals surface area contributed by atoms with E-state index in [9.17, 15) is 4.79 Å². The van der Waals surface area contributed by atoms with Crippen LogP contribution in [0.15, 0.2) is 12.1 Å². The predicted molar refractivity (Wildman–Crippen MR) is 52.1 cm³/mol. The molecule has 0 radical (unpaired) electrons. The molecule has 0 fully saturated rings. The number of hydrogen-bond acceptors (Lipinski definition) is 2. The molecule has 0 saturated carbocycles. The number of aromatic nitrogens is 1. The molecule has 1 rings (SSSR count). The SMILES string of the molecule is CNC(=O)Nc1ccc(C)nc1Cl. The molecule has 0 aliphatic carbocycles. The van der Waals surface area contributed by atoms with Gasteiger partial charge in [-0.15, -0.1) is 0 Å². The number of carbonyl (C=O) groups is 1. The van der Waals surface area contributed by atoms with Crippen molar-refractivity contribution in [1.82, 2.24) is 10.3 Å². The number of nitrogens with zero attached hydrogens (tertiary/aromatic N) is 1. The number of pyridine rings is 1. The molecule has 0 saturated heterocycles. The van der Waals surface area contributed by atoms with E-state index < -0.39 is 0 Å². The van der Waals surface area contributed by atoms with Crippen molar-refractivity contribution in [2.24, 2.45) is 0 Å². The highest BCUT2D eigenvalue weighted by atomic mass is 35.5. The highest BCUT2D eigenvalue weighted by Gasteiger charge is 2.04. The molecule has 0 aliphatic heterocycles. The molecule has 0 bridgehead atoms. The Labute approximate surface area is 81.3 Å². The lowest BCUT2D eigenvalue weighted by molar-refractivity contribution is 0.254. The topological polar surface area (TPSA) is 54.0 Å². The van der Waals surface area contributed by atoms with Crippen molar-refractivity contribution in [3.63, 3.8) is 0 Å². The van der Waals surface area contributed by atoms with Gasteiger partial charge in [-0.25, -0.2) is 9.78 Å². The molecule has 2 amide bonds. The quantitative estimate of drug-likeness (QED) is 0.678. The van der Waals surface area contributed by atoms with Crippen molar-refractivity contribution >= 4 is 23.3 Å². The number of urea groups is 1. The van der Waals surface area contributed by atoms with Crippen LogP contribution < -0.4 is 10.6 Å². The monoisotopic (exact) mass is 199 g/mol. The Balaban J connectivity index is 2.83. The summed E-state index contributed by atoms with van der Waals surface area (Å²) >= 11 is 5.78. The zero-order chi connectivity index (χ0) is 9.84. The average Bonchev–Trinajstić information content (AvgIpc) is 2.09. The number of amides is 2. The van der Waals surface area contributed by atoms with Crippen LogP contribution >= 0.6 is 11.6 Å². The van der Waals surface area contributed by atoms with E-state index in [1.807, 2.05) is 6.92 Å². The molecule has 0 unspecified atom stereocenters. The molecule has 5 heteroatoms. The van der Waals surface area contributed by atoms with Crippen molar-refractivity contribution in [1.29, 1.82) is 0 Å². The van der Waals surface area contributed by atoms with Gasteiger partial charge in [-0.2, -0.15) is 0 Å². The maximum absolute atomic E-state index is 10.9. The third-order valence-corrected chi connectivity index (χ3v) is 1.75. The van der Waals surface area contributed by atoms with Gasteiger partial charge in [0, 0.05) is 12.7 Å². The van der Waals surface area contributed by atoms with Gasteiger partial charge in [0.2, 0.25) is 0 Å². The molecule has 0 atom stereocenters.